The zero-order valence-corrected chi connectivity index (χ0v) is 12.3. The summed E-state index contributed by atoms with van der Waals surface area (Å²) in [6.45, 7) is 0.381. The molecule has 0 spiro atoms. The maximum Gasteiger partial charge on any atom is 0.357 e. The van der Waals surface area contributed by atoms with E-state index in [2.05, 4.69) is 9.72 Å². The van der Waals surface area contributed by atoms with Crippen molar-refractivity contribution >= 4 is 23.2 Å². The molecule has 1 amide bonds. The first-order valence-electron chi connectivity index (χ1n) is 6.56. The minimum Gasteiger partial charge on any atom is -0.464 e. The van der Waals surface area contributed by atoms with Gasteiger partial charge in [0.2, 0.25) is 0 Å². The molecule has 21 heavy (non-hydrogen) atoms. The SMILES string of the molecule is COC(=O)c1csc(CN(C(=O)c2ccco2)C2CC2)n1. The van der Waals surface area contributed by atoms with Gasteiger partial charge in [0, 0.05) is 11.4 Å². The van der Waals surface area contributed by atoms with E-state index in [1.54, 1.807) is 22.4 Å². The Kier molecular flexibility index (Phi) is 3.74. The van der Waals surface area contributed by atoms with Gasteiger partial charge in [0.25, 0.3) is 5.91 Å². The lowest BCUT2D eigenvalue weighted by molar-refractivity contribution is 0.0594. The van der Waals surface area contributed by atoms with Crippen molar-refractivity contribution < 1.29 is 18.7 Å². The molecule has 0 saturated heterocycles. The monoisotopic (exact) mass is 306 g/mol. The molecule has 1 fully saturated rings. The van der Waals surface area contributed by atoms with E-state index in [1.165, 1.54) is 24.7 Å². The number of hydrogen-bond donors (Lipinski definition) is 0. The first-order valence-corrected chi connectivity index (χ1v) is 7.44. The highest BCUT2D eigenvalue weighted by atomic mass is 32.1. The van der Waals surface area contributed by atoms with Gasteiger partial charge in [-0.1, -0.05) is 0 Å². The first-order chi connectivity index (χ1) is 10.2. The number of carbonyl (C=O) groups excluding carboxylic acids is 2. The average Bonchev–Trinajstić information content (AvgIpc) is 3.02. The van der Waals surface area contributed by atoms with E-state index >= 15 is 0 Å². The molecule has 0 unspecified atom stereocenters. The molecule has 0 N–H and O–H groups in total. The second-order valence-electron chi connectivity index (χ2n) is 4.76. The summed E-state index contributed by atoms with van der Waals surface area (Å²) in [5.41, 5.74) is 0.277. The van der Waals surface area contributed by atoms with Crippen molar-refractivity contribution in [2.24, 2.45) is 0 Å². The summed E-state index contributed by atoms with van der Waals surface area (Å²) in [5, 5.41) is 2.35. The number of furan rings is 1. The Balaban J connectivity index is 1.75. The lowest BCUT2D eigenvalue weighted by atomic mass is 10.3. The molecule has 1 aliphatic rings. The summed E-state index contributed by atoms with van der Waals surface area (Å²) in [6, 6.07) is 3.57. The molecule has 0 radical (unpaired) electrons. The third-order valence-corrected chi connectivity index (χ3v) is 4.07. The number of rotatable bonds is 5. The van der Waals surface area contributed by atoms with Crippen LogP contribution < -0.4 is 0 Å². The summed E-state index contributed by atoms with van der Waals surface area (Å²) in [4.78, 5) is 29.8. The highest BCUT2D eigenvalue weighted by Crippen LogP contribution is 2.30. The Bertz CT molecular complexity index is 646. The topological polar surface area (TPSA) is 72.6 Å². The number of nitrogens with zero attached hydrogens (tertiary/aromatic N) is 2. The first kappa shape index (κ1) is 13.8. The number of esters is 1. The van der Waals surface area contributed by atoms with E-state index in [4.69, 9.17) is 4.42 Å². The third kappa shape index (κ3) is 2.97. The molecule has 1 saturated carbocycles. The lowest BCUT2D eigenvalue weighted by Crippen LogP contribution is -2.32. The fraction of sp³-hybridized carbons (Fsp3) is 0.357. The summed E-state index contributed by atoms with van der Waals surface area (Å²) in [5.74, 6) is -0.281. The van der Waals surface area contributed by atoms with Crippen molar-refractivity contribution in [1.29, 1.82) is 0 Å². The van der Waals surface area contributed by atoms with E-state index in [-0.39, 0.29) is 17.6 Å². The second kappa shape index (κ2) is 5.69. The molecular formula is C14H14N2O4S. The summed E-state index contributed by atoms with van der Waals surface area (Å²) >= 11 is 1.34. The second-order valence-corrected chi connectivity index (χ2v) is 5.70. The number of hydrogen-bond acceptors (Lipinski definition) is 6. The molecule has 7 heteroatoms. The van der Waals surface area contributed by atoms with Crippen molar-refractivity contribution in [2.45, 2.75) is 25.4 Å². The Morgan fingerprint density at radius 1 is 1.52 bits per heavy atom. The van der Waals surface area contributed by atoms with E-state index in [0.717, 1.165) is 12.8 Å². The lowest BCUT2D eigenvalue weighted by Gasteiger charge is -2.19. The summed E-state index contributed by atoms with van der Waals surface area (Å²) in [6.07, 6.45) is 3.46. The van der Waals surface area contributed by atoms with Gasteiger partial charge >= 0.3 is 5.97 Å². The van der Waals surface area contributed by atoms with Gasteiger partial charge in [-0.05, 0) is 25.0 Å². The van der Waals surface area contributed by atoms with Crippen molar-refractivity contribution in [3.05, 3.63) is 40.2 Å². The number of methoxy groups -OCH3 is 1. The molecular weight excluding hydrogens is 292 g/mol. The van der Waals surface area contributed by atoms with Crippen molar-refractivity contribution in [3.8, 4) is 0 Å². The molecule has 110 valence electrons. The van der Waals surface area contributed by atoms with Crippen LogP contribution in [0.2, 0.25) is 0 Å². The Morgan fingerprint density at radius 3 is 2.95 bits per heavy atom. The van der Waals surface area contributed by atoms with Gasteiger partial charge in [0.05, 0.1) is 19.9 Å². The molecule has 6 nitrogen and oxygen atoms in total. The number of thiazole rings is 1. The average molecular weight is 306 g/mol. The number of ether oxygens (including phenoxy) is 1. The highest BCUT2D eigenvalue weighted by molar-refractivity contribution is 7.09. The number of aromatic nitrogens is 1. The molecule has 2 heterocycles. The smallest absolute Gasteiger partial charge is 0.357 e. The number of amides is 1. The van der Waals surface area contributed by atoms with E-state index < -0.39 is 5.97 Å². The molecule has 0 bridgehead atoms. The van der Waals surface area contributed by atoms with Crippen molar-refractivity contribution in [3.63, 3.8) is 0 Å². The summed E-state index contributed by atoms with van der Waals surface area (Å²) in [7, 11) is 1.32. The van der Waals surface area contributed by atoms with E-state index in [9.17, 15) is 9.59 Å². The van der Waals surface area contributed by atoms with Gasteiger partial charge in [-0.3, -0.25) is 4.79 Å². The number of carbonyl (C=O) groups is 2. The Hall–Kier alpha value is -2.15. The Labute approximate surface area is 125 Å². The van der Waals surface area contributed by atoms with Crippen LogP contribution in [-0.2, 0) is 11.3 Å². The zero-order chi connectivity index (χ0) is 14.8. The van der Waals surface area contributed by atoms with Gasteiger partial charge in [0.1, 0.15) is 5.01 Å². The van der Waals surface area contributed by atoms with E-state index in [0.29, 0.717) is 17.3 Å². The minimum absolute atomic E-state index is 0.141. The fourth-order valence-corrected chi connectivity index (χ4v) is 2.78. The molecule has 0 aliphatic heterocycles. The summed E-state index contributed by atoms with van der Waals surface area (Å²) < 4.78 is 9.80. The minimum atomic E-state index is -0.465. The maximum absolute atomic E-state index is 12.4. The van der Waals surface area contributed by atoms with Gasteiger partial charge in [-0.2, -0.15) is 0 Å². The van der Waals surface area contributed by atoms with Gasteiger partial charge in [-0.25, -0.2) is 9.78 Å². The fourth-order valence-electron chi connectivity index (χ4n) is 2.02. The van der Waals surface area contributed by atoms with Gasteiger partial charge in [-0.15, -0.1) is 11.3 Å². The van der Waals surface area contributed by atoms with Crippen LogP contribution in [0.25, 0.3) is 0 Å². The van der Waals surface area contributed by atoms with Crippen LogP contribution >= 0.6 is 11.3 Å². The predicted molar refractivity (Wildman–Crippen MR) is 75.1 cm³/mol. The normalized spacial score (nSPS) is 14.0. The molecule has 2 aromatic heterocycles. The van der Waals surface area contributed by atoms with Crippen LogP contribution in [-0.4, -0.2) is 34.9 Å². The molecule has 3 rings (SSSR count). The standard InChI is InChI=1S/C14H14N2O4S/c1-19-14(18)10-8-21-12(15-10)7-16(9-4-5-9)13(17)11-3-2-6-20-11/h2-3,6,8-9H,4-5,7H2,1H3. The predicted octanol–water partition coefficient (Wildman–Crippen LogP) is 2.33. The molecule has 0 atom stereocenters. The van der Waals surface area contributed by atoms with Crippen LogP contribution in [0.15, 0.2) is 28.2 Å². The van der Waals surface area contributed by atoms with Gasteiger partial charge in [0.15, 0.2) is 11.5 Å². The quantitative estimate of drug-likeness (QED) is 0.793. The van der Waals surface area contributed by atoms with Crippen LogP contribution in [0.5, 0.6) is 0 Å². The van der Waals surface area contributed by atoms with Crippen LogP contribution in [0.3, 0.4) is 0 Å². The van der Waals surface area contributed by atoms with Crippen LogP contribution in [0, 0.1) is 0 Å². The van der Waals surface area contributed by atoms with Crippen LogP contribution in [0.4, 0.5) is 0 Å². The highest BCUT2D eigenvalue weighted by Gasteiger charge is 2.34. The molecule has 0 aromatic carbocycles. The van der Waals surface area contributed by atoms with Crippen LogP contribution in [0.1, 0.15) is 38.9 Å². The molecule has 2 aromatic rings. The Morgan fingerprint density at radius 2 is 2.33 bits per heavy atom. The van der Waals surface area contributed by atoms with Crippen molar-refractivity contribution in [1.82, 2.24) is 9.88 Å². The van der Waals surface area contributed by atoms with Gasteiger partial charge < -0.3 is 14.1 Å². The zero-order valence-electron chi connectivity index (χ0n) is 11.4. The van der Waals surface area contributed by atoms with E-state index in [1.807, 2.05) is 0 Å². The maximum atomic E-state index is 12.4. The third-order valence-electron chi connectivity index (χ3n) is 3.23. The largest absolute Gasteiger partial charge is 0.464 e. The van der Waals surface area contributed by atoms with Crippen molar-refractivity contribution in [2.75, 3.05) is 7.11 Å². The molecule has 1 aliphatic carbocycles.